The normalized spacial score (nSPS) is 22.0. The molecule has 1 atom stereocenters. The van der Waals surface area contributed by atoms with Crippen molar-refractivity contribution in [1.82, 2.24) is 9.88 Å². The van der Waals surface area contributed by atoms with E-state index < -0.39 is 11.9 Å². The molecular weight excluding hydrogens is 304 g/mol. The Morgan fingerprint density at radius 3 is 2.50 bits per heavy atom. The first kappa shape index (κ1) is 16.7. The van der Waals surface area contributed by atoms with Crippen LogP contribution in [0.4, 0.5) is 0 Å². The van der Waals surface area contributed by atoms with E-state index in [0.29, 0.717) is 6.42 Å². The Morgan fingerprint density at radius 1 is 1.29 bits per heavy atom. The number of hydrogen-bond donors (Lipinski definition) is 1. The van der Waals surface area contributed by atoms with E-state index in [9.17, 15) is 14.7 Å². The Kier molecular flexibility index (Phi) is 4.69. The van der Waals surface area contributed by atoms with Crippen LogP contribution in [0.2, 0.25) is 0 Å². The van der Waals surface area contributed by atoms with Gasteiger partial charge in [0.15, 0.2) is 11.5 Å². The number of carbonyl (C=O) groups is 2. The number of amides is 1. The van der Waals surface area contributed by atoms with Crippen molar-refractivity contribution in [3.05, 3.63) is 41.4 Å². The summed E-state index contributed by atoms with van der Waals surface area (Å²) in [6.07, 6.45) is 7.64. The monoisotopic (exact) mass is 328 g/mol. The van der Waals surface area contributed by atoms with Gasteiger partial charge in [0.25, 0.3) is 5.91 Å². The molecule has 0 bridgehead atoms. The van der Waals surface area contributed by atoms with Crippen molar-refractivity contribution in [2.24, 2.45) is 5.92 Å². The lowest BCUT2D eigenvalue weighted by Gasteiger charge is -2.32. The van der Waals surface area contributed by atoms with Gasteiger partial charge in [-0.15, -0.1) is 0 Å². The molecule has 1 aromatic rings. The van der Waals surface area contributed by atoms with E-state index in [0.717, 1.165) is 31.2 Å². The van der Waals surface area contributed by atoms with Gasteiger partial charge in [-0.2, -0.15) is 0 Å². The zero-order chi connectivity index (χ0) is 17.3. The maximum atomic E-state index is 12.7. The quantitative estimate of drug-likeness (QED) is 0.900. The molecule has 2 aliphatic rings. The molecular formula is C19H24N2O3. The summed E-state index contributed by atoms with van der Waals surface area (Å²) in [5.41, 5.74) is 1.09. The minimum atomic E-state index is -0.491. The first-order valence-corrected chi connectivity index (χ1v) is 8.69. The summed E-state index contributed by atoms with van der Waals surface area (Å²) in [6, 6.07) is 3.24. The average Bonchev–Trinajstić information content (AvgIpc) is 3.15. The van der Waals surface area contributed by atoms with Gasteiger partial charge < -0.3 is 10.0 Å². The molecule has 0 aromatic carbocycles. The molecule has 2 heterocycles. The molecule has 1 saturated carbocycles. The zero-order valence-corrected chi connectivity index (χ0v) is 14.2. The number of aliphatic hydroxyl groups excluding tert-OH is 1. The van der Waals surface area contributed by atoms with E-state index in [1.807, 2.05) is 26.0 Å². The van der Waals surface area contributed by atoms with Gasteiger partial charge in [0.2, 0.25) is 0 Å². The van der Waals surface area contributed by atoms with E-state index >= 15 is 0 Å². The van der Waals surface area contributed by atoms with Crippen LogP contribution in [-0.4, -0.2) is 32.7 Å². The second-order valence-electron chi connectivity index (χ2n) is 7.12. The molecule has 0 saturated heterocycles. The van der Waals surface area contributed by atoms with Crippen LogP contribution in [-0.2, 0) is 9.59 Å². The number of carbonyl (C=O) groups excluding carboxylic acids is 2. The summed E-state index contributed by atoms with van der Waals surface area (Å²) in [5.74, 6) is -0.741. The van der Waals surface area contributed by atoms with Gasteiger partial charge in [0, 0.05) is 24.9 Å². The fraction of sp³-hybridized carbons (Fsp3) is 0.526. The highest BCUT2D eigenvalue weighted by molar-refractivity contribution is 6.09. The van der Waals surface area contributed by atoms with E-state index in [2.05, 4.69) is 4.98 Å². The largest absolute Gasteiger partial charge is 0.503 e. The second-order valence-corrected chi connectivity index (χ2v) is 7.12. The zero-order valence-electron chi connectivity index (χ0n) is 14.2. The molecule has 0 spiro atoms. The van der Waals surface area contributed by atoms with Gasteiger partial charge >= 0.3 is 0 Å². The van der Waals surface area contributed by atoms with Crippen LogP contribution in [0.1, 0.15) is 57.6 Å². The molecule has 5 nitrogen and oxygen atoms in total. The van der Waals surface area contributed by atoms with Gasteiger partial charge in [0.1, 0.15) is 0 Å². The van der Waals surface area contributed by atoms with Crippen molar-refractivity contribution in [3.63, 3.8) is 0 Å². The third-order valence-corrected chi connectivity index (χ3v) is 4.88. The van der Waals surface area contributed by atoms with Crippen LogP contribution in [0.15, 0.2) is 35.9 Å². The summed E-state index contributed by atoms with van der Waals surface area (Å²) < 4.78 is 0. The Labute approximate surface area is 142 Å². The first-order valence-electron chi connectivity index (χ1n) is 8.69. The fourth-order valence-electron chi connectivity index (χ4n) is 3.82. The van der Waals surface area contributed by atoms with Crippen LogP contribution in [0.3, 0.4) is 0 Å². The van der Waals surface area contributed by atoms with Crippen molar-refractivity contribution in [1.29, 1.82) is 0 Å². The number of pyridine rings is 1. The predicted octanol–water partition coefficient (Wildman–Crippen LogP) is 3.33. The van der Waals surface area contributed by atoms with E-state index in [4.69, 9.17) is 0 Å². The molecule has 1 aliphatic carbocycles. The standard InChI is InChI=1S/C19H24N2O3/c1-12(2)11-15(22)16-17(13-7-9-20-10-8-13)21(19(24)18(16)23)14-5-3-4-6-14/h7-10,12,14,17,23H,3-6,11H2,1-2H3. The van der Waals surface area contributed by atoms with Crippen molar-refractivity contribution < 1.29 is 14.7 Å². The molecule has 1 N–H and O–H groups in total. The molecule has 1 fully saturated rings. The maximum absolute atomic E-state index is 12.7. The molecule has 1 aromatic heterocycles. The Hall–Kier alpha value is -2.17. The molecule has 1 unspecified atom stereocenters. The van der Waals surface area contributed by atoms with E-state index in [1.54, 1.807) is 17.3 Å². The van der Waals surface area contributed by atoms with Gasteiger partial charge in [-0.05, 0) is 36.5 Å². The lowest BCUT2D eigenvalue weighted by molar-refractivity contribution is -0.131. The van der Waals surface area contributed by atoms with Crippen molar-refractivity contribution in [3.8, 4) is 0 Å². The van der Waals surface area contributed by atoms with Gasteiger partial charge in [-0.1, -0.05) is 26.7 Å². The topological polar surface area (TPSA) is 70.5 Å². The van der Waals surface area contributed by atoms with Gasteiger partial charge in [-0.3, -0.25) is 14.6 Å². The lowest BCUT2D eigenvalue weighted by Crippen LogP contribution is -2.38. The third-order valence-electron chi connectivity index (χ3n) is 4.88. The van der Waals surface area contributed by atoms with Gasteiger partial charge in [0.05, 0.1) is 11.6 Å². The van der Waals surface area contributed by atoms with E-state index in [-0.39, 0.29) is 29.1 Å². The average molecular weight is 328 g/mol. The highest BCUT2D eigenvalue weighted by atomic mass is 16.3. The van der Waals surface area contributed by atoms with Crippen LogP contribution in [0.5, 0.6) is 0 Å². The molecule has 5 heteroatoms. The smallest absolute Gasteiger partial charge is 0.290 e. The highest BCUT2D eigenvalue weighted by Crippen LogP contribution is 2.42. The summed E-state index contributed by atoms with van der Waals surface area (Å²) in [7, 11) is 0. The number of aromatic nitrogens is 1. The minimum absolute atomic E-state index is 0.0853. The second kappa shape index (κ2) is 6.75. The van der Waals surface area contributed by atoms with Crippen molar-refractivity contribution in [2.75, 3.05) is 0 Å². The number of ketones is 1. The number of rotatable bonds is 5. The Balaban J connectivity index is 2.03. The lowest BCUT2D eigenvalue weighted by atomic mass is 9.92. The SMILES string of the molecule is CC(C)CC(=O)C1=C(O)C(=O)N(C2CCCC2)C1c1ccncc1. The number of Topliss-reactive ketones (excluding diaryl/α,β-unsaturated/α-hetero) is 1. The number of nitrogens with zero attached hydrogens (tertiary/aromatic N) is 2. The Bertz CT molecular complexity index is 660. The summed E-state index contributed by atoms with van der Waals surface area (Å²) >= 11 is 0. The van der Waals surface area contributed by atoms with Crippen LogP contribution in [0.25, 0.3) is 0 Å². The summed E-state index contributed by atoms with van der Waals surface area (Å²) in [5, 5.41) is 10.5. The Morgan fingerprint density at radius 2 is 1.92 bits per heavy atom. The van der Waals surface area contributed by atoms with Crippen LogP contribution < -0.4 is 0 Å². The van der Waals surface area contributed by atoms with Crippen molar-refractivity contribution in [2.45, 2.75) is 58.0 Å². The highest BCUT2D eigenvalue weighted by Gasteiger charge is 2.46. The van der Waals surface area contributed by atoms with Crippen LogP contribution >= 0.6 is 0 Å². The number of hydrogen-bond acceptors (Lipinski definition) is 4. The molecule has 3 rings (SSSR count). The molecule has 1 aliphatic heterocycles. The third kappa shape index (κ3) is 2.95. The number of aliphatic hydroxyl groups is 1. The molecule has 24 heavy (non-hydrogen) atoms. The maximum Gasteiger partial charge on any atom is 0.290 e. The molecule has 0 radical (unpaired) electrons. The predicted molar refractivity (Wildman–Crippen MR) is 90.2 cm³/mol. The molecule has 1 amide bonds. The first-order chi connectivity index (χ1) is 11.5. The minimum Gasteiger partial charge on any atom is -0.503 e. The summed E-state index contributed by atoms with van der Waals surface area (Å²) in [6.45, 7) is 3.92. The summed E-state index contributed by atoms with van der Waals surface area (Å²) in [4.78, 5) is 31.2. The molecule has 128 valence electrons. The fourth-order valence-corrected chi connectivity index (χ4v) is 3.82. The van der Waals surface area contributed by atoms with Crippen LogP contribution in [0, 0.1) is 5.92 Å². The van der Waals surface area contributed by atoms with E-state index in [1.165, 1.54) is 0 Å². The van der Waals surface area contributed by atoms with Crippen molar-refractivity contribution >= 4 is 11.7 Å². The van der Waals surface area contributed by atoms with Gasteiger partial charge in [-0.25, -0.2) is 0 Å².